The van der Waals surface area contributed by atoms with Gasteiger partial charge in [-0.25, -0.2) is 4.79 Å². The largest absolute Gasteiger partial charge is 0.444 e. The maximum atomic E-state index is 13.5. The molecule has 6 nitrogen and oxygen atoms in total. The summed E-state index contributed by atoms with van der Waals surface area (Å²) in [4.78, 5) is 25.9. The number of amides is 1. The molecule has 0 spiro atoms. The van der Waals surface area contributed by atoms with E-state index in [1.807, 2.05) is 48.5 Å². The third-order valence-electron chi connectivity index (χ3n) is 4.44. The first kappa shape index (κ1) is 23.2. The van der Waals surface area contributed by atoms with Gasteiger partial charge in [0.15, 0.2) is 0 Å². The highest BCUT2D eigenvalue weighted by Gasteiger charge is 2.22. The lowest BCUT2D eigenvalue weighted by Crippen LogP contribution is -2.31. The fraction of sp³-hybridized carbons (Fsp3) is 0.280. The summed E-state index contributed by atoms with van der Waals surface area (Å²) >= 11 is 0. The number of pyridine rings is 1. The molecule has 0 radical (unpaired) electrons. The maximum absolute atomic E-state index is 13.5. The van der Waals surface area contributed by atoms with Gasteiger partial charge >= 0.3 is 6.09 Å². The van der Waals surface area contributed by atoms with Crippen LogP contribution in [-0.4, -0.2) is 24.3 Å². The Bertz CT molecular complexity index is 1290. The summed E-state index contributed by atoms with van der Waals surface area (Å²) in [6.07, 6.45) is -0.738. The van der Waals surface area contributed by atoms with Gasteiger partial charge in [-0.05, 0) is 51.1 Å². The van der Waals surface area contributed by atoms with Gasteiger partial charge in [-0.3, -0.25) is 14.7 Å². The minimum atomic E-state index is -1.57. The maximum Gasteiger partial charge on any atom is 0.412 e. The number of carbonyl (C=O) groups is 1. The van der Waals surface area contributed by atoms with Crippen molar-refractivity contribution in [2.75, 3.05) is 11.1 Å². The van der Waals surface area contributed by atoms with Crippen LogP contribution in [-0.2, 0) is 4.74 Å². The number of carbonyl (C=O) groups excluding carboxylic acids is 1. The molecule has 32 heavy (non-hydrogen) atoms. The second-order valence-electron chi connectivity index (χ2n) is 9.62. The lowest BCUT2D eigenvalue weighted by molar-refractivity contribution is 0.0635. The smallest absolute Gasteiger partial charge is 0.412 e. The molecule has 166 valence electrons. The minimum absolute atomic E-state index is 0.0171. The highest BCUT2D eigenvalue weighted by Crippen LogP contribution is 2.29. The fourth-order valence-corrected chi connectivity index (χ4v) is 3.63. The van der Waals surface area contributed by atoms with Gasteiger partial charge in [0.1, 0.15) is 19.4 Å². The Morgan fingerprint density at radius 3 is 2.34 bits per heavy atom. The van der Waals surface area contributed by atoms with E-state index in [4.69, 9.17) is 10.5 Å². The quantitative estimate of drug-likeness (QED) is 0.420. The summed E-state index contributed by atoms with van der Waals surface area (Å²) in [5.74, 6) is 3.23. The molecule has 0 saturated heterocycles. The predicted octanol–water partition coefficient (Wildman–Crippen LogP) is 5.15. The number of rotatable bonds is 2. The van der Waals surface area contributed by atoms with Crippen LogP contribution in [0.4, 0.5) is 16.2 Å². The molecule has 3 rings (SSSR count). The summed E-state index contributed by atoms with van der Waals surface area (Å²) in [5, 5.41) is 3.19. The van der Waals surface area contributed by atoms with Gasteiger partial charge < -0.3 is 10.5 Å². The first-order valence-corrected chi connectivity index (χ1v) is 13.9. The second kappa shape index (κ2) is 8.56. The van der Waals surface area contributed by atoms with Crippen LogP contribution in [0.5, 0.6) is 0 Å². The topological polar surface area (TPSA) is 86.3 Å². The van der Waals surface area contributed by atoms with Crippen LogP contribution in [0.15, 0.2) is 53.3 Å². The van der Waals surface area contributed by atoms with Crippen LogP contribution in [0.3, 0.4) is 0 Å². The number of nitrogen functional groups attached to an aromatic ring is 1. The van der Waals surface area contributed by atoms with Gasteiger partial charge in [-0.15, -0.1) is 5.54 Å². The molecule has 0 saturated carbocycles. The summed E-state index contributed by atoms with van der Waals surface area (Å²) in [7, 11) is -1.57. The SMILES string of the molecule is CC(C)(C)OC(=O)Nc1c(N)c2ccc(C#C[Si](C)(C)C)cc2n(-c2ccccc2)c1=O. The van der Waals surface area contributed by atoms with Crippen molar-refractivity contribution in [3.63, 3.8) is 0 Å². The van der Waals surface area contributed by atoms with Crippen molar-refractivity contribution in [1.82, 2.24) is 4.57 Å². The van der Waals surface area contributed by atoms with Gasteiger partial charge in [0.05, 0.1) is 11.2 Å². The zero-order chi connectivity index (χ0) is 23.7. The third-order valence-corrected chi connectivity index (χ3v) is 5.31. The molecule has 0 unspecified atom stereocenters. The van der Waals surface area contributed by atoms with E-state index >= 15 is 0 Å². The summed E-state index contributed by atoms with van der Waals surface area (Å²) in [6, 6.07) is 14.8. The van der Waals surface area contributed by atoms with Gasteiger partial charge in [-0.1, -0.05) is 43.8 Å². The number of ether oxygens (including phenoxy) is 1. The predicted molar refractivity (Wildman–Crippen MR) is 134 cm³/mol. The fourth-order valence-electron chi connectivity index (χ4n) is 3.11. The average Bonchev–Trinajstić information content (AvgIpc) is 2.68. The molecule has 7 heteroatoms. The number of nitrogens with zero attached hydrogens (tertiary/aromatic N) is 1. The van der Waals surface area contributed by atoms with Crippen LogP contribution in [0.2, 0.25) is 19.6 Å². The Kier molecular flexibility index (Phi) is 6.20. The van der Waals surface area contributed by atoms with Crippen LogP contribution in [0, 0.1) is 11.5 Å². The number of hydrogen-bond donors (Lipinski definition) is 2. The number of benzene rings is 2. The monoisotopic (exact) mass is 447 g/mol. The van der Waals surface area contributed by atoms with Gasteiger partial charge in [-0.2, -0.15) is 0 Å². The number of anilines is 2. The molecule has 3 aromatic rings. The number of para-hydroxylation sites is 1. The van der Waals surface area contributed by atoms with Crippen molar-refractivity contribution in [2.24, 2.45) is 0 Å². The Labute approximate surface area is 189 Å². The molecule has 1 amide bonds. The lowest BCUT2D eigenvalue weighted by Gasteiger charge is -2.21. The van der Waals surface area contributed by atoms with E-state index in [1.54, 1.807) is 20.8 Å². The van der Waals surface area contributed by atoms with E-state index in [-0.39, 0.29) is 11.4 Å². The summed E-state index contributed by atoms with van der Waals surface area (Å²) in [5.41, 5.74) is 10.8. The molecule has 0 fully saturated rings. The van der Waals surface area contributed by atoms with E-state index in [1.165, 1.54) is 4.57 Å². The highest BCUT2D eigenvalue weighted by molar-refractivity contribution is 6.83. The molecule has 0 aliphatic rings. The Morgan fingerprint density at radius 1 is 1.09 bits per heavy atom. The first-order valence-electron chi connectivity index (χ1n) is 10.4. The van der Waals surface area contributed by atoms with Crippen molar-refractivity contribution in [3.05, 3.63) is 64.4 Å². The van der Waals surface area contributed by atoms with Crippen molar-refractivity contribution in [1.29, 1.82) is 0 Å². The molecule has 0 bridgehead atoms. The van der Waals surface area contributed by atoms with E-state index < -0.39 is 25.3 Å². The van der Waals surface area contributed by atoms with E-state index in [0.717, 1.165) is 5.56 Å². The van der Waals surface area contributed by atoms with Gasteiger partial charge in [0, 0.05) is 16.6 Å². The van der Waals surface area contributed by atoms with E-state index in [2.05, 4.69) is 36.4 Å². The third kappa shape index (κ3) is 5.40. The summed E-state index contributed by atoms with van der Waals surface area (Å²) in [6.45, 7) is 11.8. The van der Waals surface area contributed by atoms with Gasteiger partial charge in [0.2, 0.25) is 0 Å². The van der Waals surface area contributed by atoms with Crippen molar-refractivity contribution < 1.29 is 9.53 Å². The second-order valence-corrected chi connectivity index (χ2v) is 14.4. The molecule has 1 aromatic heterocycles. The van der Waals surface area contributed by atoms with Crippen LogP contribution < -0.4 is 16.6 Å². The molecule has 0 aliphatic heterocycles. The van der Waals surface area contributed by atoms with E-state index in [9.17, 15) is 9.59 Å². The van der Waals surface area contributed by atoms with Crippen LogP contribution in [0.1, 0.15) is 26.3 Å². The zero-order valence-corrected chi connectivity index (χ0v) is 20.4. The number of hydrogen-bond acceptors (Lipinski definition) is 4. The van der Waals surface area contributed by atoms with Crippen LogP contribution >= 0.6 is 0 Å². The molecular weight excluding hydrogens is 418 g/mol. The molecule has 3 N–H and O–H groups in total. The normalized spacial score (nSPS) is 11.6. The molecule has 1 heterocycles. The van der Waals surface area contributed by atoms with E-state index in [0.29, 0.717) is 16.6 Å². The highest BCUT2D eigenvalue weighted by atomic mass is 28.3. The minimum Gasteiger partial charge on any atom is -0.444 e. The lowest BCUT2D eigenvalue weighted by atomic mass is 10.1. The Morgan fingerprint density at radius 2 is 1.75 bits per heavy atom. The standard InChI is InChI=1S/C25H29N3O3Si/c1-25(2,3)31-24(30)27-22-21(26)19-13-12-17(14-15-32(4,5)6)16-20(19)28(23(22)29)18-10-8-7-9-11-18/h7-13,16H,26H2,1-6H3,(H,27,30). The average molecular weight is 448 g/mol. The van der Waals surface area contributed by atoms with Gasteiger partial charge in [0.25, 0.3) is 5.56 Å². The van der Waals surface area contributed by atoms with Crippen molar-refractivity contribution >= 4 is 36.4 Å². The number of nitrogens with one attached hydrogen (secondary N) is 1. The molecule has 0 atom stereocenters. The molecule has 0 aliphatic carbocycles. The number of aromatic nitrogens is 1. The zero-order valence-electron chi connectivity index (χ0n) is 19.4. The van der Waals surface area contributed by atoms with Crippen molar-refractivity contribution in [3.8, 4) is 17.2 Å². The number of nitrogens with two attached hydrogens (primary N) is 1. The Balaban J connectivity index is 2.26. The van der Waals surface area contributed by atoms with Crippen molar-refractivity contribution in [2.45, 2.75) is 46.0 Å². The van der Waals surface area contributed by atoms with Crippen LogP contribution in [0.25, 0.3) is 16.6 Å². The Hall–Kier alpha value is -3.50. The molecule has 2 aromatic carbocycles. The molecular formula is C25H29N3O3Si. The first-order chi connectivity index (χ1) is 14.9. The number of fused-ring (bicyclic) bond motifs is 1. The summed E-state index contributed by atoms with van der Waals surface area (Å²) < 4.78 is 6.86.